The molecule has 2 N–H and O–H groups in total. The van der Waals surface area contributed by atoms with Gasteiger partial charge in [0, 0.05) is 13.1 Å². The maximum absolute atomic E-state index is 12.5. The van der Waals surface area contributed by atoms with Crippen molar-refractivity contribution >= 4 is 11.8 Å². The van der Waals surface area contributed by atoms with E-state index < -0.39 is 5.41 Å². The molecule has 0 saturated heterocycles. The van der Waals surface area contributed by atoms with Crippen molar-refractivity contribution in [1.29, 1.82) is 0 Å². The van der Waals surface area contributed by atoms with E-state index in [-0.39, 0.29) is 11.8 Å². The van der Waals surface area contributed by atoms with Gasteiger partial charge in [-0.2, -0.15) is 0 Å². The van der Waals surface area contributed by atoms with Crippen molar-refractivity contribution in [3.8, 4) is 5.75 Å². The SMILES string of the molecule is COc1ccc(CNC(=O)C2(C(=O)NCc3cccc(C)c3)CC2)cc1. The Kier molecular flexibility index (Phi) is 5.26. The summed E-state index contributed by atoms with van der Waals surface area (Å²) in [5.41, 5.74) is 2.24. The highest BCUT2D eigenvalue weighted by molar-refractivity contribution is 6.07. The van der Waals surface area contributed by atoms with Gasteiger partial charge in [0.15, 0.2) is 0 Å². The first kappa shape index (κ1) is 18.0. The molecule has 5 nitrogen and oxygen atoms in total. The van der Waals surface area contributed by atoms with E-state index in [9.17, 15) is 9.59 Å². The molecular formula is C21H24N2O3. The number of ether oxygens (including phenoxy) is 1. The molecule has 0 aromatic heterocycles. The number of methoxy groups -OCH3 is 1. The number of amides is 2. The van der Waals surface area contributed by atoms with Gasteiger partial charge in [-0.05, 0) is 43.0 Å². The van der Waals surface area contributed by atoms with Gasteiger partial charge in [-0.25, -0.2) is 0 Å². The van der Waals surface area contributed by atoms with E-state index in [1.807, 2.05) is 55.5 Å². The summed E-state index contributed by atoms with van der Waals surface area (Å²) >= 11 is 0. The van der Waals surface area contributed by atoms with Crippen molar-refractivity contribution in [2.45, 2.75) is 32.9 Å². The van der Waals surface area contributed by atoms with Crippen LogP contribution in [0.2, 0.25) is 0 Å². The molecule has 5 heteroatoms. The van der Waals surface area contributed by atoms with Gasteiger partial charge in [0.25, 0.3) is 0 Å². The van der Waals surface area contributed by atoms with E-state index in [0.717, 1.165) is 22.4 Å². The predicted octanol–water partition coefficient (Wildman–Crippen LogP) is 2.72. The van der Waals surface area contributed by atoms with Crippen LogP contribution < -0.4 is 15.4 Å². The lowest BCUT2D eigenvalue weighted by Gasteiger charge is -2.16. The van der Waals surface area contributed by atoms with Crippen LogP contribution in [-0.2, 0) is 22.7 Å². The molecule has 0 heterocycles. The van der Waals surface area contributed by atoms with Crippen molar-refractivity contribution < 1.29 is 14.3 Å². The first-order valence-electron chi connectivity index (χ1n) is 8.78. The van der Waals surface area contributed by atoms with E-state index in [4.69, 9.17) is 4.74 Å². The maximum atomic E-state index is 12.5. The summed E-state index contributed by atoms with van der Waals surface area (Å²) in [6.07, 6.45) is 1.20. The Morgan fingerprint density at radius 1 is 0.962 bits per heavy atom. The molecule has 2 aromatic carbocycles. The Balaban J connectivity index is 1.53. The fourth-order valence-electron chi connectivity index (χ4n) is 2.95. The van der Waals surface area contributed by atoms with Crippen molar-refractivity contribution in [1.82, 2.24) is 10.6 Å². The summed E-state index contributed by atoms with van der Waals surface area (Å²) in [6.45, 7) is 2.85. The van der Waals surface area contributed by atoms with Crippen LogP contribution in [0.3, 0.4) is 0 Å². The third-order valence-electron chi connectivity index (χ3n) is 4.77. The second kappa shape index (κ2) is 7.60. The molecule has 0 bridgehead atoms. The van der Waals surface area contributed by atoms with Gasteiger partial charge in [-0.15, -0.1) is 0 Å². The van der Waals surface area contributed by atoms with E-state index >= 15 is 0 Å². The predicted molar refractivity (Wildman–Crippen MR) is 99.5 cm³/mol. The van der Waals surface area contributed by atoms with Gasteiger partial charge < -0.3 is 15.4 Å². The number of carbonyl (C=O) groups excluding carboxylic acids is 2. The lowest BCUT2D eigenvalue weighted by molar-refractivity contribution is -0.137. The van der Waals surface area contributed by atoms with Crippen molar-refractivity contribution in [2.24, 2.45) is 5.41 Å². The quantitative estimate of drug-likeness (QED) is 0.753. The van der Waals surface area contributed by atoms with Crippen LogP contribution in [0.25, 0.3) is 0 Å². The summed E-state index contributed by atoms with van der Waals surface area (Å²) in [5.74, 6) is 0.385. The Bertz CT molecular complexity index is 795. The minimum atomic E-state index is -0.906. The van der Waals surface area contributed by atoms with Crippen LogP contribution in [0.5, 0.6) is 5.75 Å². The van der Waals surface area contributed by atoms with Gasteiger partial charge in [-0.3, -0.25) is 9.59 Å². The summed E-state index contributed by atoms with van der Waals surface area (Å²) in [6, 6.07) is 15.5. The minimum Gasteiger partial charge on any atom is -0.497 e. The smallest absolute Gasteiger partial charge is 0.235 e. The second-order valence-electron chi connectivity index (χ2n) is 6.78. The average Bonchev–Trinajstić information content (AvgIpc) is 3.47. The highest BCUT2D eigenvalue weighted by atomic mass is 16.5. The third kappa shape index (κ3) is 4.04. The summed E-state index contributed by atoms with van der Waals surface area (Å²) in [4.78, 5) is 25.1. The molecule has 2 aromatic rings. The molecule has 0 unspecified atom stereocenters. The zero-order chi connectivity index (χ0) is 18.6. The minimum absolute atomic E-state index is 0.189. The number of hydrogen-bond donors (Lipinski definition) is 2. The maximum Gasteiger partial charge on any atom is 0.235 e. The Morgan fingerprint density at radius 2 is 1.58 bits per heavy atom. The highest BCUT2D eigenvalue weighted by Crippen LogP contribution is 2.46. The normalized spacial score (nSPS) is 14.4. The lowest BCUT2D eigenvalue weighted by Crippen LogP contribution is -2.42. The van der Waals surface area contributed by atoms with Gasteiger partial charge in [0.1, 0.15) is 11.2 Å². The van der Waals surface area contributed by atoms with Crippen LogP contribution in [0.4, 0.5) is 0 Å². The molecule has 26 heavy (non-hydrogen) atoms. The number of benzene rings is 2. The zero-order valence-electron chi connectivity index (χ0n) is 15.2. The highest BCUT2D eigenvalue weighted by Gasteiger charge is 2.56. The molecule has 0 aliphatic heterocycles. The van der Waals surface area contributed by atoms with Gasteiger partial charge in [0.05, 0.1) is 7.11 Å². The molecule has 1 aliphatic rings. The molecule has 0 atom stereocenters. The summed E-state index contributed by atoms with van der Waals surface area (Å²) < 4.78 is 5.12. The second-order valence-corrected chi connectivity index (χ2v) is 6.78. The first-order valence-corrected chi connectivity index (χ1v) is 8.78. The zero-order valence-corrected chi connectivity index (χ0v) is 15.2. The molecule has 1 saturated carbocycles. The van der Waals surface area contributed by atoms with Crippen molar-refractivity contribution in [3.05, 3.63) is 65.2 Å². The van der Waals surface area contributed by atoms with E-state index in [2.05, 4.69) is 10.6 Å². The fraction of sp³-hybridized carbons (Fsp3) is 0.333. The Labute approximate surface area is 153 Å². The van der Waals surface area contributed by atoms with Crippen molar-refractivity contribution in [2.75, 3.05) is 7.11 Å². The average molecular weight is 352 g/mol. The van der Waals surface area contributed by atoms with Crippen LogP contribution in [0.1, 0.15) is 29.5 Å². The monoisotopic (exact) mass is 352 g/mol. The molecule has 136 valence electrons. The Morgan fingerprint density at radius 3 is 2.12 bits per heavy atom. The summed E-state index contributed by atoms with van der Waals surface area (Å²) in [7, 11) is 1.61. The third-order valence-corrected chi connectivity index (χ3v) is 4.77. The van der Waals surface area contributed by atoms with E-state index in [0.29, 0.717) is 25.9 Å². The molecule has 2 amide bonds. The molecule has 1 aliphatic carbocycles. The molecular weight excluding hydrogens is 328 g/mol. The molecule has 0 radical (unpaired) electrons. The molecule has 3 rings (SSSR count). The molecule has 0 spiro atoms. The number of rotatable bonds is 7. The van der Waals surface area contributed by atoms with Gasteiger partial charge in [0.2, 0.25) is 11.8 Å². The number of nitrogens with one attached hydrogen (secondary N) is 2. The fourth-order valence-corrected chi connectivity index (χ4v) is 2.95. The standard InChI is InChI=1S/C21H24N2O3/c1-15-4-3-5-17(12-15)14-23-20(25)21(10-11-21)19(24)22-13-16-6-8-18(26-2)9-7-16/h3-9,12H,10-11,13-14H2,1-2H3,(H,22,24)(H,23,25). The van der Waals surface area contributed by atoms with Crippen molar-refractivity contribution in [3.63, 3.8) is 0 Å². The van der Waals surface area contributed by atoms with Crippen LogP contribution in [-0.4, -0.2) is 18.9 Å². The molecule has 1 fully saturated rings. The summed E-state index contributed by atoms with van der Waals surface area (Å²) in [5, 5.41) is 5.79. The van der Waals surface area contributed by atoms with Gasteiger partial charge in [-0.1, -0.05) is 42.0 Å². The lowest BCUT2D eigenvalue weighted by atomic mass is 10.0. The number of aryl methyl sites for hydroxylation is 1. The number of hydrogen-bond acceptors (Lipinski definition) is 3. The van der Waals surface area contributed by atoms with E-state index in [1.165, 1.54) is 0 Å². The Hall–Kier alpha value is -2.82. The van der Waals surface area contributed by atoms with Crippen LogP contribution >= 0.6 is 0 Å². The first-order chi connectivity index (χ1) is 12.5. The topological polar surface area (TPSA) is 67.4 Å². The van der Waals surface area contributed by atoms with Crippen LogP contribution in [0, 0.1) is 12.3 Å². The largest absolute Gasteiger partial charge is 0.497 e. The van der Waals surface area contributed by atoms with E-state index in [1.54, 1.807) is 7.11 Å². The number of carbonyl (C=O) groups is 2. The van der Waals surface area contributed by atoms with Gasteiger partial charge >= 0.3 is 0 Å². The van der Waals surface area contributed by atoms with Crippen LogP contribution in [0.15, 0.2) is 48.5 Å².